The van der Waals surface area contributed by atoms with Crippen molar-refractivity contribution in [2.75, 3.05) is 39.8 Å². The summed E-state index contributed by atoms with van der Waals surface area (Å²) in [6.45, 7) is 3.98. The number of nitrogens with zero attached hydrogens (tertiary/aromatic N) is 3. The van der Waals surface area contributed by atoms with Crippen molar-refractivity contribution in [3.05, 3.63) is 34.9 Å². The minimum absolute atomic E-state index is 0.0486. The third-order valence-corrected chi connectivity index (χ3v) is 5.98. The molecule has 0 bridgehead atoms. The second-order valence-electron chi connectivity index (χ2n) is 7.44. The summed E-state index contributed by atoms with van der Waals surface area (Å²) in [5, 5.41) is 9.77. The number of aliphatic carboxylic acids is 1. The van der Waals surface area contributed by atoms with Crippen molar-refractivity contribution in [2.45, 2.75) is 31.3 Å². The molecule has 2 aliphatic heterocycles. The molecule has 2 heterocycles. The monoisotopic (exact) mass is 379 g/mol. The van der Waals surface area contributed by atoms with E-state index >= 15 is 0 Å². The number of likely N-dealkylation sites (tertiary alicyclic amines) is 1. The molecule has 1 unspecified atom stereocenters. The van der Waals surface area contributed by atoms with E-state index in [2.05, 4.69) is 29.0 Å². The Morgan fingerprint density at radius 1 is 1.19 bits per heavy atom. The molecule has 1 amide bonds. The van der Waals surface area contributed by atoms with Crippen LogP contribution in [0.3, 0.4) is 0 Å². The van der Waals surface area contributed by atoms with Crippen LogP contribution in [0.15, 0.2) is 24.3 Å². The summed E-state index contributed by atoms with van der Waals surface area (Å²) in [5.74, 6) is -0.997. The fourth-order valence-corrected chi connectivity index (χ4v) is 4.21. The maximum absolute atomic E-state index is 12.3. The van der Waals surface area contributed by atoms with Gasteiger partial charge in [0.1, 0.15) is 6.54 Å². The molecule has 7 heteroatoms. The first kappa shape index (κ1) is 19.1. The van der Waals surface area contributed by atoms with E-state index in [0.717, 1.165) is 44.0 Å². The molecule has 1 aromatic carbocycles. The SMILES string of the molecule is CN1CCN(Cc2ccc(Cl)cc2)CC12CCC(=O)N(CC(=O)O)CC2. The number of carbonyl (C=O) groups is 2. The minimum atomic E-state index is -0.948. The third kappa shape index (κ3) is 4.37. The maximum Gasteiger partial charge on any atom is 0.323 e. The topological polar surface area (TPSA) is 64.1 Å². The normalized spacial score (nSPS) is 25.5. The third-order valence-electron chi connectivity index (χ3n) is 5.73. The lowest BCUT2D eigenvalue weighted by Gasteiger charge is -2.49. The smallest absolute Gasteiger partial charge is 0.323 e. The van der Waals surface area contributed by atoms with Crippen molar-refractivity contribution in [1.29, 1.82) is 0 Å². The van der Waals surface area contributed by atoms with Crippen LogP contribution < -0.4 is 0 Å². The number of piperazine rings is 1. The van der Waals surface area contributed by atoms with E-state index in [1.165, 1.54) is 10.5 Å². The maximum atomic E-state index is 12.3. The summed E-state index contributed by atoms with van der Waals surface area (Å²) in [6.07, 6.45) is 1.99. The van der Waals surface area contributed by atoms with Crippen LogP contribution >= 0.6 is 11.6 Å². The van der Waals surface area contributed by atoms with Gasteiger partial charge in [-0.25, -0.2) is 0 Å². The number of halogens is 1. The lowest BCUT2D eigenvalue weighted by Crippen LogP contribution is -2.60. The lowest BCUT2D eigenvalue weighted by atomic mass is 9.86. The summed E-state index contributed by atoms with van der Waals surface area (Å²) in [6, 6.07) is 7.94. The van der Waals surface area contributed by atoms with Gasteiger partial charge in [0.15, 0.2) is 0 Å². The molecule has 26 heavy (non-hydrogen) atoms. The van der Waals surface area contributed by atoms with Gasteiger partial charge in [0.2, 0.25) is 5.91 Å². The summed E-state index contributed by atoms with van der Waals surface area (Å²) < 4.78 is 0. The van der Waals surface area contributed by atoms with E-state index < -0.39 is 5.97 Å². The van der Waals surface area contributed by atoms with Crippen LogP contribution in [0, 0.1) is 0 Å². The number of hydrogen-bond donors (Lipinski definition) is 1. The zero-order valence-electron chi connectivity index (χ0n) is 15.2. The highest BCUT2D eigenvalue weighted by atomic mass is 35.5. The Labute approximate surface area is 159 Å². The molecular weight excluding hydrogens is 354 g/mol. The number of rotatable bonds is 4. The van der Waals surface area contributed by atoms with Gasteiger partial charge >= 0.3 is 5.97 Å². The molecule has 2 aliphatic rings. The van der Waals surface area contributed by atoms with Gasteiger partial charge in [0, 0.05) is 49.7 Å². The van der Waals surface area contributed by atoms with Crippen LogP contribution in [0.2, 0.25) is 5.02 Å². The predicted molar refractivity (Wildman–Crippen MR) is 100 cm³/mol. The van der Waals surface area contributed by atoms with Gasteiger partial charge in [0.05, 0.1) is 0 Å². The number of benzene rings is 1. The molecule has 0 aromatic heterocycles. The van der Waals surface area contributed by atoms with Crippen LogP contribution in [0.5, 0.6) is 0 Å². The molecule has 1 spiro atoms. The van der Waals surface area contributed by atoms with Crippen LogP contribution in [-0.4, -0.2) is 77.0 Å². The van der Waals surface area contributed by atoms with Crippen molar-refractivity contribution >= 4 is 23.5 Å². The van der Waals surface area contributed by atoms with E-state index in [4.69, 9.17) is 16.7 Å². The highest BCUT2D eigenvalue weighted by Gasteiger charge is 2.42. The standard InChI is InChI=1S/C19H26ClN3O3/c1-21-10-11-22(12-15-2-4-16(20)5-3-15)14-19(21)7-6-17(24)23(9-8-19)13-18(25)26/h2-5H,6-14H2,1H3,(H,25,26). The molecule has 2 fully saturated rings. The molecule has 0 aliphatic carbocycles. The Bertz CT molecular complexity index is 666. The molecule has 1 aromatic rings. The van der Waals surface area contributed by atoms with Gasteiger partial charge in [-0.1, -0.05) is 23.7 Å². The van der Waals surface area contributed by atoms with Crippen molar-refractivity contribution in [1.82, 2.24) is 14.7 Å². The molecule has 142 valence electrons. The van der Waals surface area contributed by atoms with Gasteiger partial charge in [-0.3, -0.25) is 19.4 Å². The molecule has 1 atom stereocenters. The fraction of sp³-hybridized carbons (Fsp3) is 0.579. The second kappa shape index (κ2) is 7.94. The summed E-state index contributed by atoms with van der Waals surface area (Å²) in [7, 11) is 2.12. The Balaban J connectivity index is 1.69. The summed E-state index contributed by atoms with van der Waals surface area (Å²) in [4.78, 5) is 29.6. The van der Waals surface area contributed by atoms with Crippen molar-refractivity contribution in [2.24, 2.45) is 0 Å². The zero-order chi connectivity index (χ0) is 18.7. The predicted octanol–water partition coefficient (Wildman–Crippen LogP) is 1.92. The van der Waals surface area contributed by atoms with E-state index in [-0.39, 0.29) is 18.0 Å². The molecule has 0 radical (unpaired) electrons. The van der Waals surface area contributed by atoms with Crippen molar-refractivity contribution < 1.29 is 14.7 Å². The van der Waals surface area contributed by atoms with Crippen LogP contribution in [0.25, 0.3) is 0 Å². The van der Waals surface area contributed by atoms with E-state index in [0.29, 0.717) is 13.0 Å². The number of carboxylic acids is 1. The molecule has 0 saturated carbocycles. The van der Waals surface area contributed by atoms with E-state index in [9.17, 15) is 9.59 Å². The molecule has 6 nitrogen and oxygen atoms in total. The first-order valence-electron chi connectivity index (χ1n) is 9.06. The van der Waals surface area contributed by atoms with Crippen LogP contribution in [0.1, 0.15) is 24.8 Å². The first-order chi connectivity index (χ1) is 12.4. The molecule has 1 N–H and O–H groups in total. The molecular formula is C19H26ClN3O3. The molecule has 3 rings (SSSR count). The average molecular weight is 380 g/mol. The van der Waals surface area contributed by atoms with Gasteiger partial charge in [0.25, 0.3) is 0 Å². The van der Waals surface area contributed by atoms with Crippen LogP contribution in [-0.2, 0) is 16.1 Å². The van der Waals surface area contributed by atoms with E-state index in [1.807, 2.05) is 12.1 Å². The van der Waals surface area contributed by atoms with Crippen LogP contribution in [0.4, 0.5) is 0 Å². The lowest BCUT2D eigenvalue weighted by molar-refractivity contribution is -0.144. The number of likely N-dealkylation sites (N-methyl/N-ethyl adjacent to an activating group) is 1. The van der Waals surface area contributed by atoms with Gasteiger partial charge in [-0.15, -0.1) is 0 Å². The Hall–Kier alpha value is -1.63. The fourth-order valence-electron chi connectivity index (χ4n) is 4.09. The largest absolute Gasteiger partial charge is 0.480 e. The second-order valence-corrected chi connectivity index (χ2v) is 7.88. The average Bonchev–Trinajstić information content (AvgIpc) is 2.75. The Morgan fingerprint density at radius 3 is 2.62 bits per heavy atom. The number of carboxylic acid groups (broad SMARTS) is 1. The summed E-state index contributed by atoms with van der Waals surface area (Å²) in [5.41, 5.74) is 1.15. The minimum Gasteiger partial charge on any atom is -0.480 e. The van der Waals surface area contributed by atoms with Crippen molar-refractivity contribution in [3.8, 4) is 0 Å². The molecule has 2 saturated heterocycles. The highest BCUT2D eigenvalue weighted by molar-refractivity contribution is 6.30. The Kier molecular flexibility index (Phi) is 5.85. The first-order valence-corrected chi connectivity index (χ1v) is 9.43. The van der Waals surface area contributed by atoms with Crippen molar-refractivity contribution in [3.63, 3.8) is 0 Å². The van der Waals surface area contributed by atoms with Gasteiger partial charge in [-0.05, 0) is 37.6 Å². The zero-order valence-corrected chi connectivity index (χ0v) is 15.9. The van der Waals surface area contributed by atoms with Gasteiger partial charge < -0.3 is 10.0 Å². The Morgan fingerprint density at radius 2 is 1.92 bits per heavy atom. The van der Waals surface area contributed by atoms with Gasteiger partial charge in [-0.2, -0.15) is 0 Å². The number of carbonyl (C=O) groups excluding carboxylic acids is 1. The summed E-state index contributed by atoms with van der Waals surface area (Å²) >= 11 is 5.97. The number of hydrogen-bond acceptors (Lipinski definition) is 4. The van der Waals surface area contributed by atoms with E-state index in [1.54, 1.807) is 0 Å². The quantitative estimate of drug-likeness (QED) is 0.866. The number of amides is 1. The highest BCUT2D eigenvalue weighted by Crippen LogP contribution is 2.32.